The molecule has 0 spiro atoms. The molecule has 0 unspecified atom stereocenters. The van der Waals surface area contributed by atoms with Crippen molar-refractivity contribution >= 4 is 0 Å². The first-order valence-corrected chi connectivity index (χ1v) is 7.39. The Labute approximate surface area is 118 Å². The van der Waals surface area contributed by atoms with Gasteiger partial charge < -0.3 is 0 Å². The highest BCUT2D eigenvalue weighted by atomic mass is 17.3. The summed E-state index contributed by atoms with van der Waals surface area (Å²) in [7, 11) is 0. The molecule has 0 aliphatic carbocycles. The molecule has 0 bridgehead atoms. The van der Waals surface area contributed by atoms with E-state index in [9.17, 15) is 0 Å². The second kappa shape index (κ2) is 7.58. The molecule has 0 rings (SSSR count). The SMILES string of the molecule is CCC(C)(C)OOC(CC)(CC)OOC(C)(C)CC. The first kappa shape index (κ1) is 18.8. The summed E-state index contributed by atoms with van der Waals surface area (Å²) in [5.74, 6) is -0.848. The van der Waals surface area contributed by atoms with Gasteiger partial charge in [-0.25, -0.2) is 9.78 Å². The maximum Gasteiger partial charge on any atom is 0.233 e. The minimum atomic E-state index is -0.848. The fourth-order valence-corrected chi connectivity index (χ4v) is 0.995. The van der Waals surface area contributed by atoms with Gasteiger partial charge in [-0.3, -0.25) is 0 Å². The standard InChI is InChI=1S/C15H32O4/c1-9-13(5,6)16-18-15(11-3,12-4)19-17-14(7,8)10-2/h9-12H2,1-8H3. The lowest BCUT2D eigenvalue weighted by Gasteiger charge is -2.35. The lowest BCUT2D eigenvalue weighted by Crippen LogP contribution is -2.41. The third-order valence-corrected chi connectivity index (χ3v) is 3.62. The van der Waals surface area contributed by atoms with Crippen LogP contribution < -0.4 is 0 Å². The monoisotopic (exact) mass is 276 g/mol. The molecule has 4 nitrogen and oxygen atoms in total. The van der Waals surface area contributed by atoms with Gasteiger partial charge in [0.05, 0.1) is 11.2 Å². The van der Waals surface area contributed by atoms with Crippen LogP contribution in [0.15, 0.2) is 0 Å². The van der Waals surface area contributed by atoms with E-state index >= 15 is 0 Å². The van der Waals surface area contributed by atoms with Gasteiger partial charge in [0.15, 0.2) is 0 Å². The topological polar surface area (TPSA) is 36.9 Å². The number of hydrogen-bond donors (Lipinski definition) is 0. The highest BCUT2D eigenvalue weighted by Crippen LogP contribution is 2.29. The normalized spacial score (nSPS) is 13.9. The van der Waals surface area contributed by atoms with Gasteiger partial charge in [-0.2, -0.15) is 9.78 Å². The third kappa shape index (κ3) is 6.70. The summed E-state index contributed by atoms with van der Waals surface area (Å²) in [6.45, 7) is 16.0. The summed E-state index contributed by atoms with van der Waals surface area (Å²) in [5, 5.41) is 0. The van der Waals surface area contributed by atoms with Crippen LogP contribution >= 0.6 is 0 Å². The Balaban J connectivity index is 4.59. The number of hydrogen-bond acceptors (Lipinski definition) is 4. The fraction of sp³-hybridized carbons (Fsp3) is 1.00. The van der Waals surface area contributed by atoms with Crippen LogP contribution in [0.4, 0.5) is 0 Å². The first-order chi connectivity index (χ1) is 8.66. The highest BCUT2D eigenvalue weighted by Gasteiger charge is 2.36. The molecule has 0 fully saturated rings. The molecule has 4 heteroatoms. The Hall–Kier alpha value is -0.160. The van der Waals surface area contributed by atoms with Crippen LogP contribution in [0.3, 0.4) is 0 Å². The van der Waals surface area contributed by atoms with Crippen LogP contribution in [0.5, 0.6) is 0 Å². The van der Waals surface area contributed by atoms with Crippen LogP contribution in [0, 0.1) is 0 Å². The summed E-state index contributed by atoms with van der Waals surface area (Å²) >= 11 is 0. The minimum absolute atomic E-state index is 0.334. The summed E-state index contributed by atoms with van der Waals surface area (Å²) in [4.78, 5) is 22.2. The van der Waals surface area contributed by atoms with Crippen molar-refractivity contribution in [1.82, 2.24) is 0 Å². The van der Waals surface area contributed by atoms with Gasteiger partial charge >= 0.3 is 0 Å². The molecular weight excluding hydrogens is 244 g/mol. The minimum Gasteiger partial charge on any atom is -0.228 e. The maximum atomic E-state index is 5.58. The molecule has 0 atom stereocenters. The van der Waals surface area contributed by atoms with E-state index in [0.717, 1.165) is 12.8 Å². The van der Waals surface area contributed by atoms with E-state index in [-0.39, 0.29) is 11.2 Å². The van der Waals surface area contributed by atoms with E-state index in [0.29, 0.717) is 12.8 Å². The van der Waals surface area contributed by atoms with Crippen molar-refractivity contribution in [3.63, 3.8) is 0 Å². The van der Waals surface area contributed by atoms with E-state index < -0.39 is 5.79 Å². The molecule has 116 valence electrons. The molecule has 0 N–H and O–H groups in total. The zero-order chi connectivity index (χ0) is 15.2. The predicted molar refractivity (Wildman–Crippen MR) is 76.4 cm³/mol. The molecule has 0 saturated heterocycles. The lowest BCUT2D eigenvalue weighted by atomic mass is 10.1. The predicted octanol–water partition coefficient (Wildman–Crippen LogP) is 4.78. The van der Waals surface area contributed by atoms with Gasteiger partial charge in [0.1, 0.15) is 0 Å². The van der Waals surface area contributed by atoms with Gasteiger partial charge in [0.25, 0.3) is 0 Å². The van der Waals surface area contributed by atoms with E-state index in [4.69, 9.17) is 19.6 Å². The average molecular weight is 276 g/mol. The molecule has 0 radical (unpaired) electrons. The molecule has 0 aromatic heterocycles. The summed E-state index contributed by atoms with van der Waals surface area (Å²) < 4.78 is 0. The van der Waals surface area contributed by atoms with Crippen molar-refractivity contribution in [3.8, 4) is 0 Å². The summed E-state index contributed by atoms with van der Waals surface area (Å²) in [6, 6.07) is 0. The fourth-order valence-electron chi connectivity index (χ4n) is 0.995. The second-order valence-corrected chi connectivity index (χ2v) is 6.18. The molecule has 0 aliphatic rings. The Morgan fingerprint density at radius 1 is 0.526 bits per heavy atom. The molecular formula is C15H32O4. The van der Waals surface area contributed by atoms with Crippen LogP contribution in [-0.4, -0.2) is 17.0 Å². The van der Waals surface area contributed by atoms with Crippen LogP contribution in [-0.2, 0) is 19.6 Å². The third-order valence-electron chi connectivity index (χ3n) is 3.62. The van der Waals surface area contributed by atoms with Gasteiger partial charge in [-0.05, 0) is 40.5 Å². The quantitative estimate of drug-likeness (QED) is 0.327. The molecule has 0 saturated carbocycles. The first-order valence-electron chi connectivity index (χ1n) is 7.39. The average Bonchev–Trinajstić information content (AvgIpc) is 2.40. The van der Waals surface area contributed by atoms with Crippen molar-refractivity contribution in [3.05, 3.63) is 0 Å². The van der Waals surface area contributed by atoms with Crippen molar-refractivity contribution in [2.24, 2.45) is 0 Å². The van der Waals surface area contributed by atoms with Crippen molar-refractivity contribution < 1.29 is 19.6 Å². The van der Waals surface area contributed by atoms with Crippen LogP contribution in [0.1, 0.15) is 81.1 Å². The Kier molecular flexibility index (Phi) is 7.51. The van der Waals surface area contributed by atoms with E-state index in [1.54, 1.807) is 0 Å². The molecule has 0 heterocycles. The highest BCUT2D eigenvalue weighted by molar-refractivity contribution is 4.67. The van der Waals surface area contributed by atoms with E-state index in [2.05, 4.69) is 13.8 Å². The molecule has 19 heavy (non-hydrogen) atoms. The Morgan fingerprint density at radius 2 is 0.842 bits per heavy atom. The second-order valence-electron chi connectivity index (χ2n) is 6.18. The zero-order valence-electron chi connectivity index (χ0n) is 14.0. The van der Waals surface area contributed by atoms with Crippen LogP contribution in [0.25, 0.3) is 0 Å². The zero-order valence-corrected chi connectivity index (χ0v) is 14.0. The molecule has 0 aliphatic heterocycles. The van der Waals surface area contributed by atoms with Crippen molar-refractivity contribution in [1.29, 1.82) is 0 Å². The smallest absolute Gasteiger partial charge is 0.228 e. The van der Waals surface area contributed by atoms with Gasteiger partial charge in [-0.15, -0.1) is 0 Å². The van der Waals surface area contributed by atoms with E-state index in [1.807, 2.05) is 41.5 Å². The van der Waals surface area contributed by atoms with Gasteiger partial charge in [-0.1, -0.05) is 27.7 Å². The van der Waals surface area contributed by atoms with Crippen molar-refractivity contribution in [2.75, 3.05) is 0 Å². The Bertz CT molecular complexity index is 223. The van der Waals surface area contributed by atoms with Crippen molar-refractivity contribution in [2.45, 2.75) is 98.1 Å². The molecule has 0 aromatic carbocycles. The largest absolute Gasteiger partial charge is 0.233 e. The maximum absolute atomic E-state index is 5.58. The molecule has 0 amide bonds. The number of rotatable bonds is 10. The summed E-state index contributed by atoms with van der Waals surface area (Å²) in [5.41, 5.74) is -0.668. The lowest BCUT2D eigenvalue weighted by molar-refractivity contribution is -0.544. The molecule has 0 aromatic rings. The Morgan fingerprint density at radius 3 is 1.05 bits per heavy atom. The van der Waals surface area contributed by atoms with Crippen LogP contribution in [0.2, 0.25) is 0 Å². The van der Waals surface area contributed by atoms with Gasteiger partial charge in [0, 0.05) is 12.8 Å². The van der Waals surface area contributed by atoms with Gasteiger partial charge in [0.2, 0.25) is 5.79 Å². The van der Waals surface area contributed by atoms with E-state index in [1.165, 1.54) is 0 Å². The summed E-state index contributed by atoms with van der Waals surface area (Å²) in [6.07, 6.45) is 3.03.